The Morgan fingerprint density at radius 2 is 1.67 bits per heavy atom. The molecule has 1 N–H and O–H groups in total. The Morgan fingerprint density at radius 1 is 1.13 bits per heavy atom. The molecule has 5 heteroatoms. The summed E-state index contributed by atoms with van der Waals surface area (Å²) in [6.07, 6.45) is -4.11. The quantitative estimate of drug-likeness (QED) is 0.746. The van der Waals surface area contributed by atoms with Crippen LogP contribution in [0, 0.1) is 5.41 Å². The van der Waals surface area contributed by atoms with Crippen LogP contribution < -0.4 is 5.32 Å². The maximum Gasteiger partial charge on any atom is 0.401 e. The summed E-state index contributed by atoms with van der Waals surface area (Å²) >= 11 is 0. The smallest absolute Gasteiger partial charge is 0.319 e. The minimum Gasteiger partial charge on any atom is -0.319 e. The number of nitrogens with one attached hydrogen (secondary N) is 1. The largest absolute Gasteiger partial charge is 0.401 e. The number of halogens is 3. The molecule has 0 saturated heterocycles. The van der Waals surface area contributed by atoms with Crippen LogP contribution in [0.4, 0.5) is 13.2 Å². The molecule has 0 amide bonds. The Kier molecular flexibility index (Phi) is 5.59. The lowest BCUT2D eigenvalue weighted by Crippen LogP contribution is -2.43. The van der Waals surface area contributed by atoms with Crippen molar-refractivity contribution in [2.45, 2.75) is 26.9 Å². The minimum absolute atomic E-state index is 0.143. The van der Waals surface area contributed by atoms with Crippen molar-refractivity contribution in [2.24, 2.45) is 5.41 Å². The normalized spacial score (nSPS) is 13.6. The average molecular weight is 226 g/mol. The summed E-state index contributed by atoms with van der Waals surface area (Å²) in [4.78, 5) is 1.43. The highest BCUT2D eigenvalue weighted by Crippen LogP contribution is 2.21. The lowest BCUT2D eigenvalue weighted by atomic mass is 9.92. The second kappa shape index (κ2) is 5.70. The third-order valence-electron chi connectivity index (χ3n) is 2.16. The third-order valence-corrected chi connectivity index (χ3v) is 2.16. The molecule has 0 aliphatic carbocycles. The molecule has 15 heavy (non-hydrogen) atoms. The van der Waals surface area contributed by atoms with Crippen molar-refractivity contribution in [1.82, 2.24) is 10.2 Å². The molecule has 0 aromatic carbocycles. The van der Waals surface area contributed by atoms with Crippen molar-refractivity contribution in [2.75, 3.05) is 33.2 Å². The molecule has 0 rings (SSSR count). The van der Waals surface area contributed by atoms with Gasteiger partial charge >= 0.3 is 6.18 Å². The Hall–Kier alpha value is -0.290. The van der Waals surface area contributed by atoms with E-state index in [0.29, 0.717) is 19.6 Å². The van der Waals surface area contributed by atoms with Crippen LogP contribution in [0.5, 0.6) is 0 Å². The predicted molar refractivity (Wildman–Crippen MR) is 55.9 cm³/mol. The fourth-order valence-electron chi connectivity index (χ4n) is 1.67. The summed E-state index contributed by atoms with van der Waals surface area (Å²) in [6, 6.07) is 0. The molecule has 2 nitrogen and oxygen atoms in total. The second-order valence-electron chi connectivity index (χ2n) is 4.61. The lowest BCUT2D eigenvalue weighted by molar-refractivity contribution is -0.148. The summed E-state index contributed by atoms with van der Waals surface area (Å²) in [5.74, 6) is 0. The van der Waals surface area contributed by atoms with Gasteiger partial charge in [-0.25, -0.2) is 0 Å². The molecule has 0 bridgehead atoms. The van der Waals surface area contributed by atoms with E-state index >= 15 is 0 Å². The molecule has 0 radical (unpaired) electrons. The molecule has 92 valence electrons. The second-order valence-corrected chi connectivity index (χ2v) is 4.61. The van der Waals surface area contributed by atoms with E-state index < -0.39 is 12.7 Å². The number of rotatable bonds is 6. The number of hydrogen-bond acceptors (Lipinski definition) is 2. The fourth-order valence-corrected chi connectivity index (χ4v) is 1.67. The maximum atomic E-state index is 12.2. The van der Waals surface area contributed by atoms with E-state index in [2.05, 4.69) is 5.32 Å². The summed E-state index contributed by atoms with van der Waals surface area (Å²) in [7, 11) is 1.81. The molecule has 0 spiro atoms. The first-order valence-electron chi connectivity index (χ1n) is 5.14. The van der Waals surface area contributed by atoms with E-state index in [1.165, 1.54) is 4.90 Å². The van der Waals surface area contributed by atoms with Gasteiger partial charge in [0.05, 0.1) is 6.54 Å². The van der Waals surface area contributed by atoms with Gasteiger partial charge < -0.3 is 5.32 Å². The first-order chi connectivity index (χ1) is 6.70. The molecule has 0 aliphatic heterocycles. The molecule has 0 aliphatic rings. The van der Waals surface area contributed by atoms with Crippen molar-refractivity contribution in [3.8, 4) is 0 Å². The van der Waals surface area contributed by atoms with E-state index in [9.17, 15) is 13.2 Å². The van der Waals surface area contributed by atoms with Gasteiger partial charge in [0.25, 0.3) is 0 Å². The zero-order valence-electron chi connectivity index (χ0n) is 9.91. The minimum atomic E-state index is -4.11. The molecule has 0 saturated carbocycles. The highest BCUT2D eigenvalue weighted by atomic mass is 19.4. The zero-order valence-corrected chi connectivity index (χ0v) is 9.91. The van der Waals surface area contributed by atoms with E-state index in [0.717, 1.165) is 0 Å². The van der Waals surface area contributed by atoms with E-state index in [1.807, 2.05) is 20.9 Å². The van der Waals surface area contributed by atoms with Gasteiger partial charge in [-0.1, -0.05) is 20.8 Å². The Labute approximate surface area is 89.8 Å². The summed E-state index contributed by atoms with van der Waals surface area (Å²) in [5, 5.41) is 2.99. The van der Waals surface area contributed by atoms with Gasteiger partial charge in [0.2, 0.25) is 0 Å². The molecule has 0 fully saturated rings. The lowest BCUT2D eigenvalue weighted by Gasteiger charge is -2.32. The van der Waals surface area contributed by atoms with Crippen molar-refractivity contribution in [3.05, 3.63) is 0 Å². The van der Waals surface area contributed by atoms with Crippen molar-refractivity contribution in [1.29, 1.82) is 0 Å². The van der Waals surface area contributed by atoms with Crippen LogP contribution in [0.25, 0.3) is 0 Å². The van der Waals surface area contributed by atoms with Gasteiger partial charge in [-0.2, -0.15) is 13.2 Å². The Bertz CT molecular complexity index is 178. The standard InChI is InChI=1S/C10H21F3N2/c1-5-15(8-10(11,12)13)7-9(2,3)6-14-4/h14H,5-8H2,1-4H3. The van der Waals surface area contributed by atoms with E-state index in [1.54, 1.807) is 6.92 Å². The molecule has 0 heterocycles. The van der Waals surface area contributed by atoms with Gasteiger partial charge in [-0.05, 0) is 19.0 Å². The Balaban J connectivity index is 4.20. The van der Waals surface area contributed by atoms with Crippen LogP contribution in [0.1, 0.15) is 20.8 Å². The van der Waals surface area contributed by atoms with Crippen molar-refractivity contribution < 1.29 is 13.2 Å². The van der Waals surface area contributed by atoms with Crippen LogP contribution in [0.15, 0.2) is 0 Å². The van der Waals surface area contributed by atoms with E-state index in [4.69, 9.17) is 0 Å². The predicted octanol–water partition coefficient (Wildman–Crippen LogP) is 2.12. The molecule has 0 aromatic heterocycles. The van der Waals surface area contributed by atoms with Crippen molar-refractivity contribution >= 4 is 0 Å². The van der Waals surface area contributed by atoms with Gasteiger partial charge in [-0.3, -0.25) is 4.90 Å². The van der Waals surface area contributed by atoms with Gasteiger partial charge in [0.15, 0.2) is 0 Å². The Morgan fingerprint density at radius 3 is 2.00 bits per heavy atom. The molecule has 0 unspecified atom stereocenters. The number of alkyl halides is 3. The topological polar surface area (TPSA) is 15.3 Å². The maximum absolute atomic E-state index is 12.2. The number of nitrogens with zero attached hydrogens (tertiary/aromatic N) is 1. The van der Waals surface area contributed by atoms with Crippen LogP contribution in [-0.4, -0.2) is 44.3 Å². The molecule has 0 atom stereocenters. The summed E-state index contributed by atoms with van der Waals surface area (Å²) < 4.78 is 36.6. The number of hydrogen-bond donors (Lipinski definition) is 1. The van der Waals surface area contributed by atoms with Crippen LogP contribution >= 0.6 is 0 Å². The summed E-state index contributed by atoms with van der Waals surface area (Å²) in [5.41, 5.74) is -0.143. The highest BCUT2D eigenvalue weighted by molar-refractivity contribution is 4.76. The monoisotopic (exact) mass is 226 g/mol. The zero-order chi connectivity index (χ0) is 12.1. The van der Waals surface area contributed by atoms with E-state index in [-0.39, 0.29) is 5.41 Å². The molecular weight excluding hydrogens is 205 g/mol. The third kappa shape index (κ3) is 7.62. The van der Waals surface area contributed by atoms with Crippen LogP contribution in [-0.2, 0) is 0 Å². The van der Waals surface area contributed by atoms with Gasteiger partial charge in [-0.15, -0.1) is 0 Å². The highest BCUT2D eigenvalue weighted by Gasteiger charge is 2.32. The van der Waals surface area contributed by atoms with Crippen molar-refractivity contribution in [3.63, 3.8) is 0 Å². The van der Waals surface area contributed by atoms with Crippen LogP contribution in [0.3, 0.4) is 0 Å². The molecular formula is C10H21F3N2. The fraction of sp³-hybridized carbons (Fsp3) is 1.00. The van der Waals surface area contributed by atoms with Crippen LogP contribution in [0.2, 0.25) is 0 Å². The SMILES string of the molecule is CCN(CC(F)(F)F)CC(C)(C)CNC. The first-order valence-corrected chi connectivity index (χ1v) is 5.14. The average Bonchev–Trinajstić information content (AvgIpc) is 1.99. The van der Waals surface area contributed by atoms with Gasteiger partial charge in [0, 0.05) is 13.1 Å². The summed E-state index contributed by atoms with van der Waals surface area (Å²) in [6.45, 7) is 6.43. The van der Waals surface area contributed by atoms with Gasteiger partial charge in [0.1, 0.15) is 0 Å². The molecule has 0 aromatic rings. The first kappa shape index (κ1) is 14.7.